The van der Waals surface area contributed by atoms with Gasteiger partial charge in [0.1, 0.15) is 0 Å². The van der Waals surface area contributed by atoms with Crippen LogP contribution in [0.25, 0.3) is 5.69 Å². The van der Waals surface area contributed by atoms with Gasteiger partial charge in [-0.1, -0.05) is 18.2 Å². The summed E-state index contributed by atoms with van der Waals surface area (Å²) in [6.07, 6.45) is 2.06. The van der Waals surface area contributed by atoms with E-state index in [1.54, 1.807) is 6.20 Å². The van der Waals surface area contributed by atoms with E-state index in [9.17, 15) is 4.79 Å². The van der Waals surface area contributed by atoms with Crippen molar-refractivity contribution in [3.63, 3.8) is 0 Å². The minimum atomic E-state index is -0.251. The molecule has 1 saturated heterocycles. The quantitative estimate of drug-likeness (QED) is 0.425. The number of aryl methyl sites for hydroxylation is 2. The Morgan fingerprint density at radius 1 is 1.15 bits per heavy atom. The Hall–Kier alpha value is -3.19. The largest absolute Gasteiger partial charge is 0.469 e. The molecular weight excluding hydrogens is 432 g/mol. The van der Waals surface area contributed by atoms with E-state index in [-0.39, 0.29) is 24.5 Å². The smallest absolute Gasteiger partial charge is 0.307 e. The Morgan fingerprint density at radius 2 is 1.94 bits per heavy atom. The van der Waals surface area contributed by atoms with Crippen molar-refractivity contribution < 1.29 is 9.53 Å². The molecule has 3 aromatic rings. The number of hydrogen-bond acceptors (Lipinski definition) is 4. The average Bonchev–Trinajstić information content (AvgIpc) is 3.29. The highest BCUT2D eigenvalue weighted by molar-refractivity contribution is 7.80. The van der Waals surface area contributed by atoms with Gasteiger partial charge in [0.05, 0.1) is 31.3 Å². The van der Waals surface area contributed by atoms with Crippen LogP contribution in [-0.2, 0) is 9.53 Å². The van der Waals surface area contributed by atoms with Crippen LogP contribution in [0.5, 0.6) is 0 Å². The molecule has 0 saturated carbocycles. The van der Waals surface area contributed by atoms with Crippen molar-refractivity contribution in [3.05, 3.63) is 82.4 Å². The lowest BCUT2D eigenvalue weighted by molar-refractivity contribution is -0.140. The molecule has 0 spiro atoms. The molecular formula is C26H30N4O2S. The number of nitrogens with one attached hydrogen (secondary N) is 1. The van der Waals surface area contributed by atoms with Crippen LogP contribution in [0.3, 0.4) is 0 Å². The molecule has 1 aliphatic heterocycles. The summed E-state index contributed by atoms with van der Waals surface area (Å²) in [6.45, 7) is 9.06. The molecule has 1 fully saturated rings. The fourth-order valence-electron chi connectivity index (χ4n) is 4.73. The van der Waals surface area contributed by atoms with Gasteiger partial charge < -0.3 is 19.5 Å². The number of carbonyl (C=O) groups is 1. The molecule has 0 radical (unpaired) electrons. The first-order chi connectivity index (χ1) is 15.8. The van der Waals surface area contributed by atoms with Gasteiger partial charge >= 0.3 is 5.97 Å². The third-order valence-corrected chi connectivity index (χ3v) is 6.94. The summed E-state index contributed by atoms with van der Waals surface area (Å²) >= 11 is 5.73. The van der Waals surface area contributed by atoms with Gasteiger partial charge in [0.2, 0.25) is 0 Å². The normalized spacial score (nSPS) is 17.8. The maximum Gasteiger partial charge on any atom is 0.307 e. The maximum absolute atomic E-state index is 11.9. The number of hydrogen-bond donors (Lipinski definition) is 1. The number of carbonyl (C=O) groups excluding carboxylic acids is 1. The molecule has 1 N–H and O–H groups in total. The van der Waals surface area contributed by atoms with E-state index in [1.165, 1.54) is 29.5 Å². The molecule has 7 heteroatoms. The number of nitrogens with zero attached hydrogens (tertiary/aromatic N) is 3. The van der Waals surface area contributed by atoms with E-state index in [0.29, 0.717) is 11.7 Å². The predicted octanol–water partition coefficient (Wildman–Crippen LogP) is 4.64. The second-order valence-corrected chi connectivity index (χ2v) is 8.91. The molecule has 0 unspecified atom stereocenters. The number of benzene rings is 1. The van der Waals surface area contributed by atoms with Crippen molar-refractivity contribution in [1.29, 1.82) is 0 Å². The van der Waals surface area contributed by atoms with Crippen molar-refractivity contribution in [2.45, 2.75) is 46.2 Å². The summed E-state index contributed by atoms with van der Waals surface area (Å²) in [7, 11) is 1.41. The van der Waals surface area contributed by atoms with Crippen LogP contribution in [-0.4, -0.2) is 39.2 Å². The van der Waals surface area contributed by atoms with E-state index < -0.39 is 0 Å². The van der Waals surface area contributed by atoms with Crippen molar-refractivity contribution >= 4 is 23.3 Å². The first kappa shape index (κ1) is 23.0. The highest BCUT2D eigenvalue weighted by Crippen LogP contribution is 2.41. The lowest BCUT2D eigenvalue weighted by Gasteiger charge is -2.28. The fourth-order valence-corrected chi connectivity index (χ4v) is 5.07. The van der Waals surface area contributed by atoms with Crippen LogP contribution >= 0.6 is 12.2 Å². The highest BCUT2D eigenvalue weighted by Gasteiger charge is 2.41. The summed E-state index contributed by atoms with van der Waals surface area (Å²) < 4.78 is 7.19. The number of pyridine rings is 1. The molecule has 1 aliphatic rings. The van der Waals surface area contributed by atoms with Crippen LogP contribution in [0.4, 0.5) is 0 Å². The zero-order chi connectivity index (χ0) is 23.7. The maximum atomic E-state index is 11.9. The van der Waals surface area contributed by atoms with E-state index in [4.69, 9.17) is 17.0 Å². The second-order valence-electron chi connectivity index (χ2n) is 8.53. The Labute approximate surface area is 200 Å². The lowest BCUT2D eigenvalue weighted by Crippen LogP contribution is -2.32. The van der Waals surface area contributed by atoms with E-state index in [2.05, 4.69) is 71.7 Å². The molecule has 0 amide bonds. The second kappa shape index (κ2) is 9.35. The first-order valence-electron chi connectivity index (χ1n) is 11.1. The fraction of sp³-hybridized carbons (Fsp3) is 0.346. The minimum Gasteiger partial charge on any atom is -0.469 e. The Kier molecular flexibility index (Phi) is 6.51. The third kappa shape index (κ3) is 4.25. The number of aromatic nitrogens is 2. The average molecular weight is 463 g/mol. The number of thiocarbonyl (C=S) groups is 1. The number of ether oxygens (including phenoxy) is 1. The molecule has 0 aliphatic carbocycles. The molecule has 33 heavy (non-hydrogen) atoms. The third-order valence-electron chi connectivity index (χ3n) is 6.59. The zero-order valence-corrected chi connectivity index (χ0v) is 20.6. The lowest BCUT2D eigenvalue weighted by atomic mass is 9.96. The Morgan fingerprint density at radius 3 is 2.64 bits per heavy atom. The van der Waals surface area contributed by atoms with Gasteiger partial charge in [-0.05, 0) is 80.9 Å². The van der Waals surface area contributed by atoms with Gasteiger partial charge in [-0.3, -0.25) is 9.78 Å². The van der Waals surface area contributed by atoms with Gasteiger partial charge in [-0.2, -0.15) is 0 Å². The van der Waals surface area contributed by atoms with Gasteiger partial charge in [0.25, 0.3) is 0 Å². The Bertz CT molecular complexity index is 1190. The summed E-state index contributed by atoms with van der Waals surface area (Å²) in [5, 5.41) is 4.08. The summed E-state index contributed by atoms with van der Waals surface area (Å²) in [5.74, 6) is -0.251. The summed E-state index contributed by atoms with van der Waals surface area (Å²) in [5.41, 5.74) is 8.10. The van der Waals surface area contributed by atoms with Crippen LogP contribution < -0.4 is 5.32 Å². The number of esters is 1. The molecule has 0 bridgehead atoms. The monoisotopic (exact) mass is 462 g/mol. The van der Waals surface area contributed by atoms with E-state index in [0.717, 1.165) is 17.1 Å². The molecule has 2 aromatic heterocycles. The number of methoxy groups -OCH3 is 1. The summed E-state index contributed by atoms with van der Waals surface area (Å²) in [6, 6.07) is 14.3. The predicted molar refractivity (Wildman–Crippen MR) is 134 cm³/mol. The van der Waals surface area contributed by atoms with Gasteiger partial charge in [-0.25, -0.2) is 0 Å². The topological polar surface area (TPSA) is 59.4 Å². The van der Waals surface area contributed by atoms with Crippen LogP contribution in [0.1, 0.15) is 52.3 Å². The van der Waals surface area contributed by atoms with E-state index in [1.807, 2.05) is 18.2 Å². The zero-order valence-electron chi connectivity index (χ0n) is 19.8. The van der Waals surface area contributed by atoms with Crippen molar-refractivity contribution in [3.8, 4) is 5.69 Å². The molecule has 4 rings (SSSR count). The molecule has 1 aromatic carbocycles. The van der Waals surface area contributed by atoms with Crippen molar-refractivity contribution in [2.75, 3.05) is 13.7 Å². The SMILES string of the molecule is COC(=O)CCN1C(=S)N[C@H](c2ccccn2)[C@@H]1c1cc(C)n(-c2cccc(C)c2C)c1C. The highest BCUT2D eigenvalue weighted by atomic mass is 32.1. The van der Waals surface area contributed by atoms with Gasteiger partial charge in [0.15, 0.2) is 5.11 Å². The first-order valence-corrected chi connectivity index (χ1v) is 11.5. The van der Waals surface area contributed by atoms with Crippen LogP contribution in [0, 0.1) is 27.7 Å². The molecule has 172 valence electrons. The van der Waals surface area contributed by atoms with Crippen molar-refractivity contribution in [1.82, 2.24) is 19.8 Å². The summed E-state index contributed by atoms with van der Waals surface area (Å²) in [4.78, 5) is 18.6. The molecule has 6 nitrogen and oxygen atoms in total. The van der Waals surface area contributed by atoms with Gasteiger partial charge in [-0.15, -0.1) is 0 Å². The molecule has 3 heterocycles. The van der Waals surface area contributed by atoms with E-state index >= 15 is 0 Å². The Balaban J connectivity index is 1.82. The van der Waals surface area contributed by atoms with Crippen LogP contribution in [0.15, 0.2) is 48.7 Å². The van der Waals surface area contributed by atoms with Crippen molar-refractivity contribution in [2.24, 2.45) is 0 Å². The number of rotatable bonds is 6. The van der Waals surface area contributed by atoms with Crippen LogP contribution in [0.2, 0.25) is 0 Å². The van der Waals surface area contributed by atoms with Gasteiger partial charge in [0, 0.05) is 29.8 Å². The molecule has 2 atom stereocenters. The minimum absolute atomic E-state index is 0.0953. The standard InChI is InChI=1S/C26H30N4O2S/c1-16-9-8-11-22(18(16)3)30-17(2)15-20(19(30)4)25-24(21-10-6-7-13-27-21)28-26(33)29(25)14-12-23(31)32-5/h6-11,13,15,24-25H,12,14H2,1-5H3,(H,28,33)/t24-,25+/m1/s1.